The first-order valence-corrected chi connectivity index (χ1v) is 8.98. The zero-order chi connectivity index (χ0) is 15.6. The van der Waals surface area contributed by atoms with Gasteiger partial charge in [-0.3, -0.25) is 0 Å². The molecule has 0 aliphatic rings. The first kappa shape index (κ1) is 16.6. The molecule has 0 saturated heterocycles. The molecule has 0 aliphatic carbocycles. The van der Waals surface area contributed by atoms with Gasteiger partial charge in [0.2, 0.25) is 0 Å². The molecule has 0 spiro atoms. The van der Waals surface area contributed by atoms with Gasteiger partial charge in [0.15, 0.2) is 0 Å². The maximum absolute atomic E-state index is 12.5. The van der Waals surface area contributed by atoms with Crippen LogP contribution in [0, 0.1) is 6.92 Å². The van der Waals surface area contributed by atoms with Crippen molar-refractivity contribution in [2.75, 3.05) is 0 Å². The SMILES string of the molecule is Cc1ncc(C(NS(=O)C(C)(C)C)c2ccccc2Cl)s1. The number of nitrogens with one attached hydrogen (secondary N) is 1. The summed E-state index contributed by atoms with van der Waals surface area (Å²) >= 11 is 7.90. The fraction of sp³-hybridized carbons (Fsp3) is 0.400. The normalized spacial score (nSPS) is 14.9. The van der Waals surface area contributed by atoms with Crippen LogP contribution < -0.4 is 4.72 Å². The molecule has 114 valence electrons. The van der Waals surface area contributed by atoms with Crippen molar-refractivity contribution in [2.45, 2.75) is 38.5 Å². The summed E-state index contributed by atoms with van der Waals surface area (Å²) in [5.74, 6) is 0. The highest BCUT2D eigenvalue weighted by Gasteiger charge is 2.26. The Labute approximate surface area is 137 Å². The summed E-state index contributed by atoms with van der Waals surface area (Å²) in [6, 6.07) is 7.41. The molecule has 1 N–H and O–H groups in total. The van der Waals surface area contributed by atoms with Crippen LogP contribution in [0.15, 0.2) is 30.5 Å². The number of aromatic nitrogens is 1. The molecule has 0 saturated carbocycles. The lowest BCUT2D eigenvalue weighted by atomic mass is 10.1. The van der Waals surface area contributed by atoms with Crippen molar-refractivity contribution in [3.05, 3.63) is 50.9 Å². The summed E-state index contributed by atoms with van der Waals surface area (Å²) in [5, 5.41) is 1.64. The predicted molar refractivity (Wildman–Crippen MR) is 91.2 cm³/mol. The Hall–Kier alpha value is -0.750. The molecule has 1 aromatic carbocycles. The van der Waals surface area contributed by atoms with Gasteiger partial charge in [-0.1, -0.05) is 29.8 Å². The molecule has 0 radical (unpaired) electrons. The zero-order valence-corrected chi connectivity index (χ0v) is 14.9. The number of nitrogens with zero attached hydrogens (tertiary/aromatic N) is 1. The fourth-order valence-electron chi connectivity index (χ4n) is 1.78. The topological polar surface area (TPSA) is 42.0 Å². The standard InChI is InChI=1S/C15H19ClN2OS2/c1-10-17-9-13(20-10)14(18-21(19)15(2,3)4)11-7-5-6-8-12(11)16/h5-9,14,18H,1-4H3. The van der Waals surface area contributed by atoms with Gasteiger partial charge >= 0.3 is 0 Å². The van der Waals surface area contributed by atoms with Gasteiger partial charge in [0.05, 0.1) is 26.8 Å². The molecule has 1 heterocycles. The fourth-order valence-corrected chi connectivity index (χ4v) is 3.78. The highest BCUT2D eigenvalue weighted by Crippen LogP contribution is 2.32. The van der Waals surface area contributed by atoms with Crippen LogP contribution in [0.3, 0.4) is 0 Å². The maximum atomic E-state index is 12.5. The van der Waals surface area contributed by atoms with Crippen LogP contribution in [-0.4, -0.2) is 13.9 Å². The van der Waals surface area contributed by atoms with E-state index in [0.29, 0.717) is 5.02 Å². The van der Waals surface area contributed by atoms with Gasteiger partial charge in [-0.05, 0) is 39.3 Å². The van der Waals surface area contributed by atoms with E-state index in [1.807, 2.05) is 58.2 Å². The minimum atomic E-state index is -1.20. The second-order valence-electron chi connectivity index (χ2n) is 5.74. The van der Waals surface area contributed by atoms with Crippen LogP contribution in [0.2, 0.25) is 5.02 Å². The van der Waals surface area contributed by atoms with E-state index in [-0.39, 0.29) is 10.8 Å². The van der Waals surface area contributed by atoms with Crippen LogP contribution in [0.5, 0.6) is 0 Å². The van der Waals surface area contributed by atoms with Gasteiger partial charge in [-0.25, -0.2) is 13.9 Å². The Balaban J connectivity index is 2.41. The molecule has 3 nitrogen and oxygen atoms in total. The third-order valence-corrected chi connectivity index (χ3v) is 5.80. The van der Waals surface area contributed by atoms with Crippen molar-refractivity contribution in [3.8, 4) is 0 Å². The molecule has 2 rings (SSSR count). The Morgan fingerprint density at radius 1 is 1.33 bits per heavy atom. The molecular formula is C15H19ClN2OS2. The Kier molecular flexibility index (Phi) is 5.20. The van der Waals surface area contributed by atoms with E-state index in [0.717, 1.165) is 15.4 Å². The lowest BCUT2D eigenvalue weighted by Gasteiger charge is -2.24. The van der Waals surface area contributed by atoms with E-state index >= 15 is 0 Å². The average molecular weight is 343 g/mol. The van der Waals surface area contributed by atoms with Crippen LogP contribution >= 0.6 is 22.9 Å². The minimum Gasteiger partial charge on any atom is -0.250 e. The lowest BCUT2D eigenvalue weighted by Crippen LogP contribution is -2.36. The quantitative estimate of drug-likeness (QED) is 0.902. The zero-order valence-electron chi connectivity index (χ0n) is 12.5. The van der Waals surface area contributed by atoms with Gasteiger partial charge in [0, 0.05) is 16.1 Å². The summed E-state index contributed by atoms with van der Waals surface area (Å²) < 4.78 is 15.3. The van der Waals surface area contributed by atoms with E-state index in [9.17, 15) is 4.21 Å². The lowest BCUT2D eigenvalue weighted by molar-refractivity contribution is 0.625. The van der Waals surface area contributed by atoms with E-state index in [1.165, 1.54) is 0 Å². The van der Waals surface area contributed by atoms with Crippen molar-refractivity contribution in [1.29, 1.82) is 0 Å². The number of thiazole rings is 1. The molecule has 1 aromatic heterocycles. The molecule has 21 heavy (non-hydrogen) atoms. The van der Waals surface area contributed by atoms with Gasteiger partial charge in [-0.15, -0.1) is 11.3 Å². The van der Waals surface area contributed by atoms with E-state index < -0.39 is 11.0 Å². The second-order valence-corrected chi connectivity index (χ2v) is 9.41. The van der Waals surface area contributed by atoms with Crippen molar-refractivity contribution in [3.63, 3.8) is 0 Å². The van der Waals surface area contributed by atoms with Gasteiger partial charge in [0.25, 0.3) is 0 Å². The Bertz CT molecular complexity index is 649. The Morgan fingerprint density at radius 2 is 2.00 bits per heavy atom. The van der Waals surface area contributed by atoms with Gasteiger partial charge in [0.1, 0.15) is 0 Å². The first-order valence-electron chi connectivity index (χ1n) is 6.64. The average Bonchev–Trinajstić information content (AvgIpc) is 2.82. The Morgan fingerprint density at radius 3 is 2.52 bits per heavy atom. The summed E-state index contributed by atoms with van der Waals surface area (Å²) in [5.41, 5.74) is 0.917. The number of rotatable bonds is 4. The number of benzene rings is 1. The molecule has 0 fully saturated rings. The van der Waals surface area contributed by atoms with E-state index in [2.05, 4.69) is 9.71 Å². The number of hydrogen-bond donors (Lipinski definition) is 1. The number of hydrogen-bond acceptors (Lipinski definition) is 3. The summed E-state index contributed by atoms with van der Waals surface area (Å²) in [6.07, 6.45) is 1.82. The maximum Gasteiger partial charge on any atom is 0.0979 e. The largest absolute Gasteiger partial charge is 0.250 e. The van der Waals surface area contributed by atoms with Crippen LogP contribution in [0.1, 0.15) is 42.3 Å². The van der Waals surface area contributed by atoms with Crippen molar-refractivity contribution in [1.82, 2.24) is 9.71 Å². The predicted octanol–water partition coefficient (Wildman–Crippen LogP) is 4.25. The van der Waals surface area contributed by atoms with Crippen molar-refractivity contribution in [2.24, 2.45) is 0 Å². The molecule has 0 bridgehead atoms. The van der Waals surface area contributed by atoms with E-state index in [4.69, 9.17) is 11.6 Å². The molecule has 2 aromatic rings. The minimum absolute atomic E-state index is 0.218. The number of halogens is 1. The van der Waals surface area contributed by atoms with Crippen LogP contribution in [0.4, 0.5) is 0 Å². The third kappa shape index (κ3) is 4.13. The van der Waals surface area contributed by atoms with Crippen LogP contribution in [0.25, 0.3) is 0 Å². The molecular weight excluding hydrogens is 324 g/mol. The molecule has 6 heteroatoms. The van der Waals surface area contributed by atoms with Crippen LogP contribution in [-0.2, 0) is 11.0 Å². The third-order valence-electron chi connectivity index (χ3n) is 2.92. The van der Waals surface area contributed by atoms with E-state index in [1.54, 1.807) is 11.3 Å². The van der Waals surface area contributed by atoms with Gasteiger partial charge < -0.3 is 0 Å². The highest BCUT2D eigenvalue weighted by atomic mass is 35.5. The summed E-state index contributed by atoms with van der Waals surface area (Å²) in [4.78, 5) is 5.31. The monoisotopic (exact) mass is 342 g/mol. The number of aryl methyl sites for hydroxylation is 1. The molecule has 0 aliphatic heterocycles. The van der Waals surface area contributed by atoms with Crippen molar-refractivity contribution < 1.29 is 4.21 Å². The smallest absolute Gasteiger partial charge is 0.0979 e. The highest BCUT2D eigenvalue weighted by molar-refractivity contribution is 7.84. The second kappa shape index (κ2) is 6.57. The molecule has 2 unspecified atom stereocenters. The summed E-state index contributed by atoms with van der Waals surface area (Å²) in [7, 11) is -1.20. The summed E-state index contributed by atoms with van der Waals surface area (Å²) in [6.45, 7) is 7.78. The van der Waals surface area contributed by atoms with Gasteiger partial charge in [-0.2, -0.15) is 0 Å². The first-order chi connectivity index (χ1) is 9.79. The molecule has 2 atom stereocenters. The molecule has 0 amide bonds. The van der Waals surface area contributed by atoms with Crippen molar-refractivity contribution >= 4 is 33.9 Å².